The number of carbonyl (C=O) groups excluding carboxylic acids is 2. The number of likely N-dealkylation sites (N-methyl/N-ethyl adjacent to an activating group) is 1. The molecule has 0 aliphatic carbocycles. The summed E-state index contributed by atoms with van der Waals surface area (Å²) in [6.45, 7) is 2.77. The van der Waals surface area contributed by atoms with E-state index in [2.05, 4.69) is 20.3 Å². The van der Waals surface area contributed by atoms with Crippen molar-refractivity contribution in [2.75, 3.05) is 32.5 Å². The van der Waals surface area contributed by atoms with Crippen LogP contribution in [0.5, 0.6) is 0 Å². The molecule has 0 fully saturated rings. The molecule has 0 atom stereocenters. The highest BCUT2D eigenvalue weighted by Gasteiger charge is 2.24. The van der Waals surface area contributed by atoms with Gasteiger partial charge in [0, 0.05) is 51.1 Å². The summed E-state index contributed by atoms with van der Waals surface area (Å²) in [4.78, 5) is 40.4. The Morgan fingerprint density at radius 2 is 2.12 bits per heavy atom. The van der Waals surface area contributed by atoms with E-state index >= 15 is 0 Å². The molecule has 0 saturated carbocycles. The standard InChI is InChI=1S/C18H22N6O2/c1-12(25)24-8-6-14-15(11-24)21-17(13-5-4-7-19-9-13)22-18(14)20-10-16(26)23(2)3/h4-5,7,9H,6,8,10-11H2,1-3H3,(H,20,21,22). The van der Waals surface area contributed by atoms with Crippen LogP contribution in [0.4, 0.5) is 5.82 Å². The lowest BCUT2D eigenvalue weighted by Crippen LogP contribution is -2.36. The van der Waals surface area contributed by atoms with Gasteiger partial charge in [-0.2, -0.15) is 0 Å². The van der Waals surface area contributed by atoms with E-state index in [1.54, 1.807) is 38.3 Å². The lowest BCUT2D eigenvalue weighted by atomic mass is 10.0. The summed E-state index contributed by atoms with van der Waals surface area (Å²) in [6, 6.07) is 3.71. The molecule has 2 amide bonds. The van der Waals surface area contributed by atoms with E-state index < -0.39 is 0 Å². The van der Waals surface area contributed by atoms with Crippen molar-refractivity contribution >= 4 is 17.6 Å². The Balaban J connectivity index is 1.98. The van der Waals surface area contributed by atoms with Crippen molar-refractivity contribution in [3.05, 3.63) is 35.8 Å². The van der Waals surface area contributed by atoms with Crippen LogP contribution in [0.3, 0.4) is 0 Å². The van der Waals surface area contributed by atoms with Crippen molar-refractivity contribution < 1.29 is 9.59 Å². The van der Waals surface area contributed by atoms with E-state index in [0.29, 0.717) is 31.2 Å². The molecule has 3 rings (SSSR count). The molecule has 2 aromatic rings. The SMILES string of the molecule is CC(=O)N1CCc2c(nc(-c3cccnc3)nc2NCC(=O)N(C)C)C1. The number of amides is 2. The Hall–Kier alpha value is -3.03. The van der Waals surface area contributed by atoms with Crippen molar-refractivity contribution in [2.24, 2.45) is 0 Å². The van der Waals surface area contributed by atoms with Crippen LogP contribution in [0.1, 0.15) is 18.2 Å². The van der Waals surface area contributed by atoms with Gasteiger partial charge in [-0.15, -0.1) is 0 Å². The van der Waals surface area contributed by atoms with Gasteiger partial charge in [-0.05, 0) is 18.6 Å². The molecular weight excluding hydrogens is 332 g/mol. The number of hydrogen-bond acceptors (Lipinski definition) is 6. The molecule has 0 bridgehead atoms. The van der Waals surface area contributed by atoms with E-state index in [1.165, 1.54) is 4.90 Å². The van der Waals surface area contributed by atoms with Gasteiger partial charge in [0.05, 0.1) is 18.8 Å². The number of hydrogen-bond donors (Lipinski definition) is 1. The van der Waals surface area contributed by atoms with Crippen LogP contribution in [-0.4, -0.2) is 63.8 Å². The molecule has 0 saturated heterocycles. The van der Waals surface area contributed by atoms with E-state index in [0.717, 1.165) is 16.8 Å². The van der Waals surface area contributed by atoms with Gasteiger partial charge in [-0.3, -0.25) is 14.6 Å². The zero-order valence-corrected chi connectivity index (χ0v) is 15.2. The Labute approximate surface area is 152 Å². The first-order chi connectivity index (χ1) is 12.5. The Morgan fingerprint density at radius 3 is 2.77 bits per heavy atom. The van der Waals surface area contributed by atoms with Gasteiger partial charge in [-0.25, -0.2) is 9.97 Å². The average molecular weight is 354 g/mol. The molecule has 8 heteroatoms. The highest BCUT2D eigenvalue weighted by molar-refractivity contribution is 5.80. The van der Waals surface area contributed by atoms with Gasteiger partial charge in [0.25, 0.3) is 0 Å². The number of fused-ring (bicyclic) bond motifs is 1. The second-order valence-corrected chi connectivity index (χ2v) is 6.40. The van der Waals surface area contributed by atoms with Crippen molar-refractivity contribution in [3.8, 4) is 11.4 Å². The molecule has 2 aromatic heterocycles. The number of carbonyl (C=O) groups is 2. The number of nitrogens with one attached hydrogen (secondary N) is 1. The molecule has 0 spiro atoms. The number of aromatic nitrogens is 3. The fraction of sp³-hybridized carbons (Fsp3) is 0.389. The topological polar surface area (TPSA) is 91.3 Å². The minimum Gasteiger partial charge on any atom is -0.361 e. The zero-order chi connectivity index (χ0) is 18.7. The maximum atomic E-state index is 11.9. The summed E-state index contributed by atoms with van der Waals surface area (Å²) in [5.74, 6) is 1.16. The third-order valence-electron chi connectivity index (χ3n) is 4.34. The second kappa shape index (κ2) is 7.47. The van der Waals surface area contributed by atoms with Crippen molar-refractivity contribution in [1.29, 1.82) is 0 Å². The van der Waals surface area contributed by atoms with Crippen molar-refractivity contribution in [2.45, 2.75) is 19.9 Å². The van der Waals surface area contributed by atoms with Gasteiger partial charge in [-0.1, -0.05) is 0 Å². The molecule has 3 heterocycles. The fourth-order valence-corrected chi connectivity index (χ4v) is 2.79. The maximum absolute atomic E-state index is 11.9. The van der Waals surface area contributed by atoms with Crippen LogP contribution in [0.15, 0.2) is 24.5 Å². The van der Waals surface area contributed by atoms with Crippen molar-refractivity contribution in [3.63, 3.8) is 0 Å². The summed E-state index contributed by atoms with van der Waals surface area (Å²) in [7, 11) is 3.43. The molecule has 0 radical (unpaired) electrons. The molecule has 0 aromatic carbocycles. The highest BCUT2D eigenvalue weighted by atomic mass is 16.2. The van der Waals surface area contributed by atoms with E-state index in [4.69, 9.17) is 0 Å². The molecule has 1 aliphatic heterocycles. The lowest BCUT2D eigenvalue weighted by Gasteiger charge is -2.28. The third kappa shape index (κ3) is 3.79. The molecule has 1 N–H and O–H groups in total. The third-order valence-corrected chi connectivity index (χ3v) is 4.34. The van der Waals surface area contributed by atoms with Crippen LogP contribution in [0.25, 0.3) is 11.4 Å². The predicted molar refractivity (Wildman–Crippen MR) is 97.2 cm³/mol. The Bertz CT molecular complexity index is 822. The number of anilines is 1. The molecule has 136 valence electrons. The first-order valence-corrected chi connectivity index (χ1v) is 8.45. The second-order valence-electron chi connectivity index (χ2n) is 6.40. The van der Waals surface area contributed by atoms with Crippen LogP contribution >= 0.6 is 0 Å². The quantitative estimate of drug-likeness (QED) is 0.879. The molecule has 0 unspecified atom stereocenters. The minimum atomic E-state index is -0.0403. The predicted octanol–water partition coefficient (Wildman–Crippen LogP) is 0.943. The van der Waals surface area contributed by atoms with Gasteiger partial charge >= 0.3 is 0 Å². The maximum Gasteiger partial charge on any atom is 0.241 e. The van der Waals surface area contributed by atoms with Crippen LogP contribution in [0, 0.1) is 0 Å². The highest BCUT2D eigenvalue weighted by Crippen LogP contribution is 2.27. The van der Waals surface area contributed by atoms with Crippen LogP contribution < -0.4 is 5.32 Å². The van der Waals surface area contributed by atoms with E-state index in [9.17, 15) is 9.59 Å². The van der Waals surface area contributed by atoms with Crippen LogP contribution in [0.2, 0.25) is 0 Å². The lowest BCUT2D eigenvalue weighted by molar-refractivity contribution is -0.129. The summed E-state index contributed by atoms with van der Waals surface area (Å²) in [5.41, 5.74) is 2.55. The Morgan fingerprint density at radius 1 is 1.31 bits per heavy atom. The van der Waals surface area contributed by atoms with Gasteiger partial charge in [0.2, 0.25) is 11.8 Å². The number of pyridine rings is 1. The van der Waals surface area contributed by atoms with Gasteiger partial charge in [0.15, 0.2) is 5.82 Å². The largest absolute Gasteiger partial charge is 0.361 e. The molecular formula is C18H22N6O2. The van der Waals surface area contributed by atoms with Crippen LogP contribution in [-0.2, 0) is 22.6 Å². The molecule has 1 aliphatic rings. The summed E-state index contributed by atoms with van der Waals surface area (Å²) >= 11 is 0. The first kappa shape index (κ1) is 17.8. The summed E-state index contributed by atoms with van der Waals surface area (Å²) < 4.78 is 0. The monoisotopic (exact) mass is 354 g/mol. The van der Waals surface area contributed by atoms with Gasteiger partial charge < -0.3 is 15.1 Å². The van der Waals surface area contributed by atoms with E-state index in [1.807, 2.05) is 12.1 Å². The minimum absolute atomic E-state index is 0.0227. The first-order valence-electron chi connectivity index (χ1n) is 8.45. The van der Waals surface area contributed by atoms with Crippen molar-refractivity contribution in [1.82, 2.24) is 24.8 Å². The summed E-state index contributed by atoms with van der Waals surface area (Å²) in [6.07, 6.45) is 4.04. The Kier molecular flexibility index (Phi) is 5.11. The molecule has 8 nitrogen and oxygen atoms in total. The fourth-order valence-electron chi connectivity index (χ4n) is 2.79. The smallest absolute Gasteiger partial charge is 0.241 e. The summed E-state index contributed by atoms with van der Waals surface area (Å²) in [5, 5.41) is 3.14. The molecule has 26 heavy (non-hydrogen) atoms. The number of nitrogens with zero attached hydrogens (tertiary/aromatic N) is 5. The average Bonchev–Trinajstić information content (AvgIpc) is 2.65. The van der Waals surface area contributed by atoms with E-state index in [-0.39, 0.29) is 18.4 Å². The number of rotatable bonds is 4. The van der Waals surface area contributed by atoms with Gasteiger partial charge in [0.1, 0.15) is 5.82 Å². The normalized spacial score (nSPS) is 13.1. The zero-order valence-electron chi connectivity index (χ0n) is 15.2.